The van der Waals surface area contributed by atoms with Crippen LogP contribution in [0.3, 0.4) is 0 Å². The molecular weight excluding hydrogens is 360 g/mol. The number of halogens is 2. The van der Waals surface area contributed by atoms with Crippen LogP contribution in [0, 0.1) is 16.3 Å². The van der Waals surface area contributed by atoms with Gasteiger partial charge in [-0.3, -0.25) is 4.79 Å². The molecule has 2 aromatic rings. The first kappa shape index (κ1) is 14.5. The van der Waals surface area contributed by atoms with Crippen LogP contribution in [0.5, 0.6) is 0 Å². The first-order chi connectivity index (χ1) is 8.99. The van der Waals surface area contributed by atoms with Gasteiger partial charge in [0.1, 0.15) is 5.82 Å². The molecule has 1 aromatic heterocycles. The minimum atomic E-state index is -0.349. The van der Waals surface area contributed by atoms with E-state index in [0.29, 0.717) is 26.5 Å². The van der Waals surface area contributed by atoms with Crippen LogP contribution in [0.4, 0.5) is 4.39 Å². The number of aliphatic hydroxyl groups is 1. The molecule has 1 aromatic carbocycles. The fraction of sp³-hybridized carbons (Fsp3) is 0.357. The predicted molar refractivity (Wildman–Crippen MR) is 82.0 cm³/mol. The van der Waals surface area contributed by atoms with Gasteiger partial charge in [0.15, 0.2) is 5.43 Å². The molecule has 2 rings (SSSR count). The Hall–Kier alpha value is -0.950. The van der Waals surface area contributed by atoms with E-state index in [9.17, 15) is 14.3 Å². The molecule has 1 atom stereocenters. The maximum absolute atomic E-state index is 13.7. The minimum absolute atomic E-state index is 0.0402. The summed E-state index contributed by atoms with van der Waals surface area (Å²) < 4.78 is 16.0. The van der Waals surface area contributed by atoms with Crippen molar-refractivity contribution in [3.8, 4) is 0 Å². The predicted octanol–water partition coefficient (Wildman–Crippen LogP) is 3.00. The molecule has 3 nitrogen and oxygen atoms in total. The summed E-state index contributed by atoms with van der Waals surface area (Å²) in [5, 5.41) is 9.93. The number of aromatic nitrogens is 1. The second kappa shape index (κ2) is 5.58. The zero-order valence-electron chi connectivity index (χ0n) is 10.8. The van der Waals surface area contributed by atoms with Gasteiger partial charge in [0.2, 0.25) is 0 Å². The molecule has 0 spiro atoms. The number of fused-ring (bicyclic) bond motifs is 1. The van der Waals surface area contributed by atoms with Crippen LogP contribution in [0.15, 0.2) is 23.1 Å². The molecule has 0 saturated heterocycles. The van der Waals surface area contributed by atoms with E-state index in [1.165, 1.54) is 6.07 Å². The van der Waals surface area contributed by atoms with E-state index in [-0.39, 0.29) is 23.9 Å². The number of benzene rings is 1. The lowest BCUT2D eigenvalue weighted by Crippen LogP contribution is -2.19. The molecule has 0 aliphatic rings. The summed E-state index contributed by atoms with van der Waals surface area (Å²) in [6.07, 6.45) is 2.41. The molecule has 0 fully saturated rings. The smallest absolute Gasteiger partial charge is 0.192 e. The van der Waals surface area contributed by atoms with Crippen molar-refractivity contribution in [3.63, 3.8) is 0 Å². The van der Waals surface area contributed by atoms with Gasteiger partial charge >= 0.3 is 0 Å². The second-order valence-electron chi connectivity index (χ2n) is 4.58. The Kier molecular flexibility index (Phi) is 4.25. The number of hydrogen-bond donors (Lipinski definition) is 1. The number of aryl methyl sites for hydroxylation is 1. The van der Waals surface area contributed by atoms with E-state index in [1.54, 1.807) is 23.8 Å². The fourth-order valence-corrected chi connectivity index (χ4v) is 2.66. The lowest BCUT2D eigenvalue weighted by Gasteiger charge is -2.20. The highest BCUT2D eigenvalue weighted by Crippen LogP contribution is 2.23. The van der Waals surface area contributed by atoms with Gasteiger partial charge in [0.05, 0.1) is 18.2 Å². The molecule has 0 aliphatic heterocycles. The Labute approximate surface area is 124 Å². The van der Waals surface area contributed by atoms with Crippen molar-refractivity contribution in [2.24, 2.45) is 0 Å². The average molecular weight is 375 g/mol. The van der Waals surface area contributed by atoms with Crippen molar-refractivity contribution < 1.29 is 9.50 Å². The van der Waals surface area contributed by atoms with Crippen LogP contribution in [0.2, 0.25) is 0 Å². The molecular formula is C14H15FINO2. The van der Waals surface area contributed by atoms with Gasteiger partial charge in [-0.2, -0.15) is 0 Å². The quantitative estimate of drug-likeness (QED) is 0.839. The van der Waals surface area contributed by atoms with Crippen LogP contribution < -0.4 is 5.43 Å². The number of rotatable bonds is 3. The third-order valence-corrected chi connectivity index (χ3v) is 4.15. The van der Waals surface area contributed by atoms with E-state index in [1.807, 2.05) is 29.5 Å². The number of hydrogen-bond acceptors (Lipinski definition) is 2. The summed E-state index contributed by atoms with van der Waals surface area (Å²) in [7, 11) is 0. The summed E-state index contributed by atoms with van der Waals surface area (Å²) >= 11 is 1.88. The Morgan fingerprint density at radius 3 is 2.74 bits per heavy atom. The Balaban J connectivity index is 2.88. The first-order valence-corrected chi connectivity index (χ1v) is 7.18. The molecule has 5 heteroatoms. The van der Waals surface area contributed by atoms with Gasteiger partial charge in [0.25, 0.3) is 0 Å². The van der Waals surface area contributed by atoms with Crippen molar-refractivity contribution in [1.29, 1.82) is 0 Å². The van der Waals surface area contributed by atoms with Gasteiger partial charge in [-0.1, -0.05) is 6.92 Å². The van der Waals surface area contributed by atoms with E-state index in [0.717, 1.165) is 0 Å². The van der Waals surface area contributed by atoms with Crippen molar-refractivity contribution in [1.82, 2.24) is 4.57 Å². The summed E-state index contributed by atoms with van der Waals surface area (Å²) in [6, 6.07) is 2.79. The summed E-state index contributed by atoms with van der Waals surface area (Å²) in [6.45, 7) is 3.64. The van der Waals surface area contributed by atoms with Crippen molar-refractivity contribution in [2.75, 3.05) is 6.61 Å². The lowest BCUT2D eigenvalue weighted by molar-refractivity contribution is 0.227. The highest BCUT2D eigenvalue weighted by Gasteiger charge is 2.14. The van der Waals surface area contributed by atoms with Crippen molar-refractivity contribution in [3.05, 3.63) is 43.5 Å². The van der Waals surface area contributed by atoms with Crippen LogP contribution in [-0.2, 0) is 0 Å². The fourth-order valence-electron chi connectivity index (χ4n) is 2.20. The Morgan fingerprint density at radius 2 is 2.16 bits per heavy atom. The number of nitrogens with zero attached hydrogens (tertiary/aromatic N) is 1. The average Bonchev–Trinajstić information content (AvgIpc) is 2.39. The van der Waals surface area contributed by atoms with Crippen LogP contribution in [-0.4, -0.2) is 16.3 Å². The van der Waals surface area contributed by atoms with Gasteiger partial charge < -0.3 is 9.67 Å². The largest absolute Gasteiger partial charge is 0.394 e. The van der Waals surface area contributed by atoms with Crippen LogP contribution in [0.25, 0.3) is 10.9 Å². The first-order valence-electron chi connectivity index (χ1n) is 6.11. The third kappa shape index (κ3) is 2.53. The molecule has 0 saturated carbocycles. The summed E-state index contributed by atoms with van der Waals surface area (Å²) in [5.41, 5.74) is 1.05. The van der Waals surface area contributed by atoms with E-state index >= 15 is 0 Å². The molecule has 0 amide bonds. The topological polar surface area (TPSA) is 42.2 Å². The molecule has 0 aliphatic carbocycles. The monoisotopic (exact) mass is 375 g/mol. The van der Waals surface area contributed by atoms with E-state index in [2.05, 4.69) is 0 Å². The zero-order chi connectivity index (χ0) is 14.2. The van der Waals surface area contributed by atoms with Gasteiger partial charge in [-0.15, -0.1) is 0 Å². The van der Waals surface area contributed by atoms with Crippen molar-refractivity contribution in [2.45, 2.75) is 26.3 Å². The highest BCUT2D eigenvalue weighted by molar-refractivity contribution is 14.1. The molecule has 1 heterocycles. The lowest BCUT2D eigenvalue weighted by atomic mass is 10.1. The maximum atomic E-state index is 13.7. The molecule has 0 bridgehead atoms. The molecule has 19 heavy (non-hydrogen) atoms. The van der Waals surface area contributed by atoms with Crippen LogP contribution in [0.1, 0.15) is 24.9 Å². The maximum Gasteiger partial charge on any atom is 0.192 e. The number of pyridine rings is 1. The summed E-state index contributed by atoms with van der Waals surface area (Å²) in [5.74, 6) is -0.349. The van der Waals surface area contributed by atoms with E-state index in [4.69, 9.17) is 0 Å². The molecule has 0 radical (unpaired) electrons. The SMILES string of the molecule is CC[C@@H](CO)n1cc(C)c(=O)c2cc(I)c(F)cc21. The second-order valence-corrected chi connectivity index (χ2v) is 5.74. The molecule has 102 valence electrons. The summed E-state index contributed by atoms with van der Waals surface area (Å²) in [4.78, 5) is 12.1. The molecule has 0 unspecified atom stereocenters. The minimum Gasteiger partial charge on any atom is -0.394 e. The van der Waals surface area contributed by atoms with Gasteiger partial charge in [0, 0.05) is 20.7 Å². The standard InChI is InChI=1S/C14H15FINO2/c1-3-9(7-18)17-6-8(2)14(19)10-4-12(16)11(15)5-13(10)17/h4-6,9,18H,3,7H2,1-2H3/t9-/m0/s1. The van der Waals surface area contributed by atoms with Crippen molar-refractivity contribution >= 4 is 33.5 Å². The van der Waals surface area contributed by atoms with Gasteiger partial charge in [-0.05, 0) is 48.1 Å². The molecule has 1 N–H and O–H groups in total. The Bertz CT molecular complexity index is 677. The highest BCUT2D eigenvalue weighted by atomic mass is 127. The number of aliphatic hydroxyl groups excluding tert-OH is 1. The third-order valence-electron chi connectivity index (χ3n) is 3.33. The van der Waals surface area contributed by atoms with Gasteiger partial charge in [-0.25, -0.2) is 4.39 Å². The normalized spacial score (nSPS) is 12.9. The Morgan fingerprint density at radius 1 is 1.47 bits per heavy atom. The zero-order valence-corrected chi connectivity index (χ0v) is 12.9. The van der Waals surface area contributed by atoms with Crippen LogP contribution >= 0.6 is 22.6 Å². The van der Waals surface area contributed by atoms with E-state index < -0.39 is 0 Å².